The molecule has 0 saturated heterocycles. The van der Waals surface area contributed by atoms with Gasteiger partial charge in [-0.15, -0.1) is 0 Å². The number of primary amides is 1. The third kappa shape index (κ3) is 4.09. The number of nitrogens with one attached hydrogen (secondary N) is 1. The lowest BCUT2D eigenvalue weighted by Crippen LogP contribution is -2.40. The highest BCUT2D eigenvalue weighted by Crippen LogP contribution is 2.27. The largest absolute Gasteiger partial charge is 0.365 e. The number of nitrogens with two attached hydrogens (primary N) is 1. The molecule has 0 bridgehead atoms. The van der Waals surface area contributed by atoms with E-state index in [4.69, 9.17) is 5.73 Å². The minimum absolute atomic E-state index is 0.0875. The van der Waals surface area contributed by atoms with Crippen molar-refractivity contribution in [2.24, 2.45) is 5.73 Å². The van der Waals surface area contributed by atoms with Crippen LogP contribution in [-0.4, -0.2) is 11.8 Å². The number of hydrogen-bond donors (Lipinski definition) is 2. The number of rotatable bonds is 5. The van der Waals surface area contributed by atoms with Crippen LogP contribution in [0.5, 0.6) is 0 Å². The fourth-order valence-electron chi connectivity index (χ4n) is 2.58. The molecule has 5 nitrogen and oxygen atoms in total. The topological polar surface area (TPSA) is 76.1 Å². The number of benzene rings is 2. The molecule has 124 valence electrons. The van der Waals surface area contributed by atoms with E-state index < -0.39 is 5.91 Å². The van der Waals surface area contributed by atoms with Crippen molar-refractivity contribution in [3.63, 3.8) is 0 Å². The SMILES string of the molecule is NC(=O)c1ccc[n+](CC(=O)Nc2ccccc2-c2ccccc2)c1. The smallest absolute Gasteiger partial charge is 0.290 e. The summed E-state index contributed by atoms with van der Waals surface area (Å²) >= 11 is 0. The maximum Gasteiger partial charge on any atom is 0.290 e. The third-order valence-corrected chi connectivity index (χ3v) is 3.75. The molecule has 1 heterocycles. The molecule has 5 heteroatoms. The summed E-state index contributed by atoms with van der Waals surface area (Å²) in [7, 11) is 0. The number of hydrogen-bond acceptors (Lipinski definition) is 2. The molecule has 0 aliphatic rings. The van der Waals surface area contributed by atoms with E-state index in [0.717, 1.165) is 16.8 Å². The van der Waals surface area contributed by atoms with E-state index in [9.17, 15) is 9.59 Å². The van der Waals surface area contributed by atoms with Gasteiger partial charge in [0.1, 0.15) is 5.56 Å². The molecule has 0 saturated carbocycles. The van der Waals surface area contributed by atoms with Crippen molar-refractivity contribution in [3.05, 3.63) is 84.7 Å². The van der Waals surface area contributed by atoms with Crippen LogP contribution < -0.4 is 15.6 Å². The molecule has 3 aromatic rings. The second-order valence-electron chi connectivity index (χ2n) is 5.59. The van der Waals surface area contributed by atoms with Crippen LogP contribution in [0.25, 0.3) is 11.1 Å². The van der Waals surface area contributed by atoms with Gasteiger partial charge in [-0.1, -0.05) is 48.5 Å². The first-order valence-electron chi connectivity index (χ1n) is 7.87. The third-order valence-electron chi connectivity index (χ3n) is 3.75. The lowest BCUT2D eigenvalue weighted by molar-refractivity contribution is -0.684. The Bertz CT molecular complexity index is 908. The van der Waals surface area contributed by atoms with Gasteiger partial charge in [0.25, 0.3) is 11.8 Å². The van der Waals surface area contributed by atoms with Crippen molar-refractivity contribution in [1.82, 2.24) is 0 Å². The van der Waals surface area contributed by atoms with Gasteiger partial charge < -0.3 is 11.1 Å². The normalized spacial score (nSPS) is 10.2. The van der Waals surface area contributed by atoms with E-state index in [0.29, 0.717) is 5.56 Å². The zero-order valence-electron chi connectivity index (χ0n) is 13.6. The summed E-state index contributed by atoms with van der Waals surface area (Å²) in [6.07, 6.45) is 3.28. The molecule has 25 heavy (non-hydrogen) atoms. The Balaban J connectivity index is 1.78. The lowest BCUT2D eigenvalue weighted by Gasteiger charge is -2.10. The van der Waals surface area contributed by atoms with Crippen LogP contribution in [0.2, 0.25) is 0 Å². The fourth-order valence-corrected chi connectivity index (χ4v) is 2.58. The van der Waals surface area contributed by atoms with Crippen LogP contribution >= 0.6 is 0 Å². The zero-order valence-corrected chi connectivity index (χ0v) is 13.6. The molecule has 0 spiro atoms. The molecule has 1 aromatic heterocycles. The summed E-state index contributed by atoms with van der Waals surface area (Å²) in [5.74, 6) is -0.709. The summed E-state index contributed by atoms with van der Waals surface area (Å²) in [6, 6.07) is 20.8. The predicted octanol–water partition coefficient (Wildman–Crippen LogP) is 2.38. The van der Waals surface area contributed by atoms with E-state index in [-0.39, 0.29) is 12.5 Å². The molecular weight excluding hydrogens is 314 g/mol. The molecule has 2 amide bonds. The molecule has 0 fully saturated rings. The van der Waals surface area contributed by atoms with Crippen molar-refractivity contribution in [2.45, 2.75) is 6.54 Å². The van der Waals surface area contributed by atoms with E-state index in [1.165, 1.54) is 0 Å². The van der Waals surface area contributed by atoms with Crippen LogP contribution in [-0.2, 0) is 11.3 Å². The first-order valence-corrected chi connectivity index (χ1v) is 7.87. The van der Waals surface area contributed by atoms with Crippen LogP contribution in [0.3, 0.4) is 0 Å². The number of anilines is 1. The number of carbonyl (C=O) groups is 2. The Hall–Kier alpha value is -3.47. The number of pyridine rings is 1. The number of nitrogens with zero attached hydrogens (tertiary/aromatic N) is 1. The van der Waals surface area contributed by atoms with E-state index >= 15 is 0 Å². The molecule has 0 atom stereocenters. The van der Waals surface area contributed by atoms with Gasteiger partial charge in [-0.2, -0.15) is 4.57 Å². The quantitative estimate of drug-likeness (QED) is 0.704. The van der Waals surface area contributed by atoms with Gasteiger partial charge in [-0.3, -0.25) is 9.59 Å². The summed E-state index contributed by atoms with van der Waals surface area (Å²) < 4.78 is 1.63. The van der Waals surface area contributed by atoms with E-state index in [1.54, 1.807) is 29.1 Å². The first-order chi connectivity index (χ1) is 12.1. The van der Waals surface area contributed by atoms with E-state index in [1.807, 2.05) is 54.6 Å². The number of para-hydroxylation sites is 1. The average Bonchev–Trinajstić information content (AvgIpc) is 2.63. The standard InChI is InChI=1S/C20H17N3O2/c21-20(25)16-9-6-12-23(13-16)14-19(24)22-18-11-5-4-10-17(18)15-7-2-1-3-8-15/h1-13H,14H2,(H2-,21,22,24,25)/p+1. The van der Waals surface area contributed by atoms with Gasteiger partial charge in [-0.25, -0.2) is 0 Å². The number of aromatic nitrogens is 1. The Morgan fingerprint density at radius 2 is 1.64 bits per heavy atom. The highest BCUT2D eigenvalue weighted by atomic mass is 16.2. The molecular formula is C20H18N3O2+. The predicted molar refractivity (Wildman–Crippen MR) is 95.7 cm³/mol. The lowest BCUT2D eigenvalue weighted by atomic mass is 10.0. The van der Waals surface area contributed by atoms with Crippen LogP contribution in [0, 0.1) is 0 Å². The molecule has 2 aromatic carbocycles. The molecule has 0 aliphatic carbocycles. The van der Waals surface area contributed by atoms with Crippen LogP contribution in [0.15, 0.2) is 79.1 Å². The average molecular weight is 332 g/mol. The van der Waals surface area contributed by atoms with Crippen molar-refractivity contribution in [2.75, 3.05) is 5.32 Å². The zero-order chi connectivity index (χ0) is 17.6. The maximum absolute atomic E-state index is 12.4. The first kappa shape index (κ1) is 16.4. The van der Waals surface area contributed by atoms with Gasteiger partial charge >= 0.3 is 0 Å². The highest BCUT2D eigenvalue weighted by Gasteiger charge is 2.14. The van der Waals surface area contributed by atoms with Crippen molar-refractivity contribution in [3.8, 4) is 11.1 Å². The van der Waals surface area contributed by atoms with Gasteiger partial charge in [0.05, 0.1) is 0 Å². The fraction of sp³-hybridized carbons (Fsp3) is 0.0500. The second kappa shape index (κ2) is 7.40. The molecule has 0 aliphatic heterocycles. The van der Waals surface area contributed by atoms with Crippen molar-refractivity contribution in [1.29, 1.82) is 0 Å². The van der Waals surface area contributed by atoms with Crippen molar-refractivity contribution < 1.29 is 14.2 Å². The molecule has 3 N–H and O–H groups in total. The summed E-state index contributed by atoms with van der Waals surface area (Å²) in [4.78, 5) is 23.6. The van der Waals surface area contributed by atoms with Gasteiger partial charge in [-0.05, 0) is 17.7 Å². The van der Waals surface area contributed by atoms with Gasteiger partial charge in [0.2, 0.25) is 6.54 Å². The van der Waals surface area contributed by atoms with Gasteiger partial charge in [0, 0.05) is 17.3 Å². The summed E-state index contributed by atoms with van der Waals surface area (Å²) in [5, 5.41) is 2.93. The maximum atomic E-state index is 12.4. The molecule has 0 unspecified atom stereocenters. The summed E-state index contributed by atoms with van der Waals surface area (Å²) in [5.41, 5.74) is 8.35. The number of carbonyl (C=O) groups excluding carboxylic acids is 2. The van der Waals surface area contributed by atoms with Crippen LogP contribution in [0.4, 0.5) is 5.69 Å². The Labute approximate surface area is 145 Å². The summed E-state index contributed by atoms with van der Waals surface area (Å²) in [6.45, 7) is 0.0875. The van der Waals surface area contributed by atoms with Crippen molar-refractivity contribution >= 4 is 17.5 Å². The van der Waals surface area contributed by atoms with E-state index in [2.05, 4.69) is 5.32 Å². The minimum Gasteiger partial charge on any atom is -0.365 e. The van der Waals surface area contributed by atoms with Crippen LogP contribution in [0.1, 0.15) is 10.4 Å². The monoisotopic (exact) mass is 332 g/mol. The Morgan fingerprint density at radius 3 is 2.40 bits per heavy atom. The Morgan fingerprint density at radius 1 is 0.920 bits per heavy atom. The second-order valence-corrected chi connectivity index (χ2v) is 5.59. The molecule has 0 radical (unpaired) electrons. The Kier molecular flexibility index (Phi) is 4.85. The minimum atomic E-state index is -0.524. The van der Waals surface area contributed by atoms with Gasteiger partial charge in [0.15, 0.2) is 12.4 Å². The number of amides is 2. The highest BCUT2D eigenvalue weighted by molar-refractivity contribution is 5.95. The molecule has 3 rings (SSSR count).